The number of hydrogen-bond acceptors (Lipinski definition) is 5. The molecule has 6 heteroatoms. The zero-order valence-corrected chi connectivity index (χ0v) is 13.1. The molecule has 6 nitrogen and oxygen atoms in total. The molecule has 0 atom stereocenters. The molecule has 0 saturated carbocycles. The van der Waals surface area contributed by atoms with Gasteiger partial charge in [0.05, 0.1) is 25.0 Å². The van der Waals surface area contributed by atoms with Crippen LogP contribution >= 0.6 is 0 Å². The van der Waals surface area contributed by atoms with Gasteiger partial charge in [-0.25, -0.2) is 0 Å². The fourth-order valence-electron chi connectivity index (χ4n) is 2.15. The van der Waals surface area contributed by atoms with Crippen LogP contribution in [0.1, 0.15) is 16.1 Å². The third-order valence-corrected chi connectivity index (χ3v) is 3.45. The third-order valence-electron chi connectivity index (χ3n) is 3.45. The fourth-order valence-corrected chi connectivity index (χ4v) is 2.15. The van der Waals surface area contributed by atoms with Gasteiger partial charge in [-0.05, 0) is 30.3 Å². The summed E-state index contributed by atoms with van der Waals surface area (Å²) in [6.45, 7) is 0.394. The van der Waals surface area contributed by atoms with E-state index in [0.29, 0.717) is 18.0 Å². The largest absolute Gasteiger partial charge is 0.480 e. The maximum atomic E-state index is 12.2. The van der Waals surface area contributed by atoms with Crippen LogP contribution in [0.15, 0.2) is 60.8 Å². The molecule has 1 aromatic carbocycles. The molecular formula is C18H16N4O2. The number of aromatic nitrogens is 3. The van der Waals surface area contributed by atoms with Crippen LogP contribution in [0.2, 0.25) is 0 Å². The van der Waals surface area contributed by atoms with Crippen molar-refractivity contribution >= 4 is 5.91 Å². The van der Waals surface area contributed by atoms with Crippen molar-refractivity contribution in [3.8, 4) is 17.1 Å². The predicted molar refractivity (Wildman–Crippen MR) is 89.4 cm³/mol. The smallest absolute Gasteiger partial charge is 0.251 e. The summed E-state index contributed by atoms with van der Waals surface area (Å²) >= 11 is 0. The van der Waals surface area contributed by atoms with Gasteiger partial charge < -0.3 is 10.1 Å². The van der Waals surface area contributed by atoms with Crippen molar-refractivity contribution in [3.63, 3.8) is 0 Å². The number of ether oxygens (including phenoxy) is 1. The van der Waals surface area contributed by atoms with E-state index in [4.69, 9.17) is 4.74 Å². The summed E-state index contributed by atoms with van der Waals surface area (Å²) in [6.07, 6.45) is 1.70. The van der Waals surface area contributed by atoms with Gasteiger partial charge in [0.1, 0.15) is 0 Å². The zero-order chi connectivity index (χ0) is 16.8. The first kappa shape index (κ1) is 15.6. The summed E-state index contributed by atoms with van der Waals surface area (Å²) in [5.74, 6) is 0.317. The van der Waals surface area contributed by atoms with E-state index >= 15 is 0 Å². The normalized spacial score (nSPS) is 10.2. The number of nitrogens with one attached hydrogen (secondary N) is 1. The topological polar surface area (TPSA) is 77.0 Å². The Bertz CT molecular complexity index is 803. The van der Waals surface area contributed by atoms with E-state index in [9.17, 15) is 4.79 Å². The molecule has 2 aromatic heterocycles. The fraction of sp³-hybridized carbons (Fsp3) is 0.111. The molecule has 0 fully saturated rings. The Morgan fingerprint density at radius 2 is 1.88 bits per heavy atom. The number of methoxy groups -OCH3 is 1. The second-order valence-electron chi connectivity index (χ2n) is 5.04. The quantitative estimate of drug-likeness (QED) is 0.781. The lowest BCUT2D eigenvalue weighted by Crippen LogP contribution is -2.23. The number of benzene rings is 1. The van der Waals surface area contributed by atoms with Crippen LogP contribution in [0.4, 0.5) is 0 Å². The molecule has 0 bridgehead atoms. The molecule has 0 aliphatic heterocycles. The maximum absolute atomic E-state index is 12.2. The van der Waals surface area contributed by atoms with E-state index in [2.05, 4.69) is 20.5 Å². The van der Waals surface area contributed by atoms with Gasteiger partial charge in [-0.2, -0.15) is 0 Å². The number of nitrogens with zero attached hydrogens (tertiary/aromatic N) is 3. The van der Waals surface area contributed by atoms with Crippen molar-refractivity contribution in [2.24, 2.45) is 0 Å². The van der Waals surface area contributed by atoms with Crippen molar-refractivity contribution in [3.05, 3.63) is 72.1 Å². The Morgan fingerprint density at radius 3 is 2.50 bits per heavy atom. The standard InChI is InChI=1S/C18H16N4O2/c1-24-17-10-9-16(21-22-17)13-5-7-14(8-6-13)18(23)20-12-15-4-2-3-11-19-15/h2-11H,12H2,1H3,(H,20,23). The number of carbonyl (C=O) groups excluding carboxylic acids is 1. The van der Waals surface area contributed by atoms with Crippen LogP contribution in [-0.2, 0) is 6.54 Å². The van der Waals surface area contributed by atoms with Gasteiger partial charge in [-0.1, -0.05) is 18.2 Å². The summed E-state index contributed by atoms with van der Waals surface area (Å²) < 4.78 is 4.99. The monoisotopic (exact) mass is 320 g/mol. The molecule has 1 amide bonds. The SMILES string of the molecule is COc1ccc(-c2ccc(C(=O)NCc3ccccn3)cc2)nn1. The second-order valence-corrected chi connectivity index (χ2v) is 5.04. The highest BCUT2D eigenvalue weighted by molar-refractivity contribution is 5.94. The summed E-state index contributed by atoms with van der Waals surface area (Å²) in [7, 11) is 1.54. The Balaban J connectivity index is 1.66. The Kier molecular flexibility index (Phi) is 4.76. The van der Waals surface area contributed by atoms with Gasteiger partial charge in [0.15, 0.2) is 0 Å². The molecule has 0 radical (unpaired) electrons. The van der Waals surface area contributed by atoms with E-state index in [1.54, 1.807) is 31.5 Å². The summed E-state index contributed by atoms with van der Waals surface area (Å²) in [5, 5.41) is 10.9. The molecule has 3 rings (SSSR count). The summed E-state index contributed by atoms with van der Waals surface area (Å²) in [6, 6.07) is 16.4. The number of amides is 1. The van der Waals surface area contributed by atoms with Gasteiger partial charge in [-0.15, -0.1) is 10.2 Å². The lowest BCUT2D eigenvalue weighted by atomic mass is 10.1. The van der Waals surface area contributed by atoms with Crippen molar-refractivity contribution in [1.29, 1.82) is 0 Å². The van der Waals surface area contributed by atoms with Crippen LogP contribution < -0.4 is 10.1 Å². The molecule has 1 N–H and O–H groups in total. The van der Waals surface area contributed by atoms with Gasteiger partial charge in [0, 0.05) is 23.4 Å². The molecular weight excluding hydrogens is 304 g/mol. The van der Waals surface area contributed by atoms with E-state index in [0.717, 1.165) is 17.0 Å². The minimum atomic E-state index is -0.145. The number of carbonyl (C=O) groups is 1. The van der Waals surface area contributed by atoms with Crippen LogP contribution in [-0.4, -0.2) is 28.2 Å². The van der Waals surface area contributed by atoms with Crippen LogP contribution in [0.5, 0.6) is 5.88 Å². The van der Waals surface area contributed by atoms with Crippen molar-refractivity contribution in [1.82, 2.24) is 20.5 Å². The number of hydrogen-bond donors (Lipinski definition) is 1. The predicted octanol–water partition coefficient (Wildman–Crippen LogP) is 2.48. The van der Waals surface area contributed by atoms with Gasteiger partial charge in [-0.3, -0.25) is 9.78 Å². The van der Waals surface area contributed by atoms with Crippen LogP contribution in [0, 0.1) is 0 Å². The lowest BCUT2D eigenvalue weighted by Gasteiger charge is -2.06. The summed E-state index contributed by atoms with van der Waals surface area (Å²) in [5.41, 5.74) is 3.00. The van der Waals surface area contributed by atoms with Crippen molar-refractivity contribution < 1.29 is 9.53 Å². The highest BCUT2D eigenvalue weighted by Crippen LogP contribution is 2.18. The molecule has 120 valence electrons. The Morgan fingerprint density at radius 1 is 1.04 bits per heavy atom. The molecule has 0 saturated heterocycles. The molecule has 24 heavy (non-hydrogen) atoms. The Labute approximate surface area is 139 Å². The molecule has 3 aromatic rings. The average molecular weight is 320 g/mol. The number of rotatable bonds is 5. The van der Waals surface area contributed by atoms with Crippen molar-refractivity contribution in [2.75, 3.05) is 7.11 Å². The Hall–Kier alpha value is -3.28. The van der Waals surface area contributed by atoms with Crippen LogP contribution in [0.3, 0.4) is 0 Å². The zero-order valence-electron chi connectivity index (χ0n) is 13.1. The average Bonchev–Trinajstić information content (AvgIpc) is 2.67. The van der Waals surface area contributed by atoms with Crippen LogP contribution in [0.25, 0.3) is 11.3 Å². The first-order valence-corrected chi connectivity index (χ1v) is 7.42. The number of pyridine rings is 1. The second kappa shape index (κ2) is 7.32. The lowest BCUT2D eigenvalue weighted by molar-refractivity contribution is 0.0950. The minimum Gasteiger partial charge on any atom is -0.480 e. The third kappa shape index (κ3) is 3.73. The molecule has 0 aliphatic rings. The molecule has 0 aliphatic carbocycles. The van der Waals surface area contributed by atoms with E-state index in [-0.39, 0.29) is 5.91 Å². The van der Waals surface area contributed by atoms with Gasteiger partial charge in [0.25, 0.3) is 5.91 Å². The molecule has 0 unspecified atom stereocenters. The first-order chi connectivity index (χ1) is 11.8. The first-order valence-electron chi connectivity index (χ1n) is 7.42. The summed E-state index contributed by atoms with van der Waals surface area (Å²) in [4.78, 5) is 16.3. The van der Waals surface area contributed by atoms with Gasteiger partial charge in [0.2, 0.25) is 5.88 Å². The van der Waals surface area contributed by atoms with E-state index < -0.39 is 0 Å². The highest BCUT2D eigenvalue weighted by Gasteiger charge is 2.07. The van der Waals surface area contributed by atoms with E-state index in [1.807, 2.05) is 36.4 Å². The minimum absolute atomic E-state index is 0.145. The highest BCUT2D eigenvalue weighted by atomic mass is 16.5. The van der Waals surface area contributed by atoms with Gasteiger partial charge >= 0.3 is 0 Å². The molecule has 0 spiro atoms. The van der Waals surface area contributed by atoms with E-state index in [1.165, 1.54) is 0 Å². The maximum Gasteiger partial charge on any atom is 0.251 e. The molecule has 2 heterocycles. The van der Waals surface area contributed by atoms with Crippen molar-refractivity contribution in [2.45, 2.75) is 6.54 Å².